The van der Waals surface area contributed by atoms with Crippen LogP contribution in [0.15, 0.2) is 0 Å². The van der Waals surface area contributed by atoms with E-state index in [9.17, 15) is 5.11 Å². The van der Waals surface area contributed by atoms with Crippen LogP contribution in [0.3, 0.4) is 0 Å². The molecule has 3 atom stereocenters. The molecule has 2 rings (SSSR count). The first-order chi connectivity index (χ1) is 9.11. The van der Waals surface area contributed by atoms with Gasteiger partial charge in [0.25, 0.3) is 0 Å². The highest BCUT2D eigenvalue weighted by atomic mass is 16.3. The largest absolute Gasteiger partial charge is 0.391 e. The van der Waals surface area contributed by atoms with Crippen molar-refractivity contribution in [3.05, 3.63) is 0 Å². The third-order valence-corrected chi connectivity index (χ3v) is 5.28. The van der Waals surface area contributed by atoms with Gasteiger partial charge in [0.1, 0.15) is 0 Å². The van der Waals surface area contributed by atoms with Crippen molar-refractivity contribution in [2.75, 3.05) is 27.2 Å². The summed E-state index contributed by atoms with van der Waals surface area (Å²) in [5, 5.41) is 10.3. The maximum Gasteiger partial charge on any atom is 0.0695 e. The highest BCUT2D eigenvalue weighted by Gasteiger charge is 2.34. The van der Waals surface area contributed by atoms with E-state index in [1.165, 1.54) is 51.6 Å². The summed E-state index contributed by atoms with van der Waals surface area (Å²) in [5.74, 6) is 0.852. The number of aliphatic hydroxyl groups is 1. The second kappa shape index (κ2) is 7.05. The average molecular weight is 268 g/mol. The number of piperidine rings is 1. The zero-order chi connectivity index (χ0) is 13.8. The molecule has 1 aliphatic heterocycles. The number of aliphatic hydroxyl groups excluding tert-OH is 1. The molecule has 3 unspecified atom stereocenters. The summed E-state index contributed by atoms with van der Waals surface area (Å²) < 4.78 is 0. The van der Waals surface area contributed by atoms with Gasteiger partial charge in [0.05, 0.1) is 6.10 Å². The molecule has 0 bridgehead atoms. The molecule has 1 saturated carbocycles. The Kier molecular flexibility index (Phi) is 5.67. The highest BCUT2D eigenvalue weighted by Crippen LogP contribution is 2.32. The van der Waals surface area contributed by atoms with Gasteiger partial charge < -0.3 is 10.0 Å². The molecule has 0 aromatic rings. The molecule has 1 N–H and O–H groups in total. The molecule has 0 spiro atoms. The first-order valence-corrected chi connectivity index (χ1v) is 8.20. The summed E-state index contributed by atoms with van der Waals surface area (Å²) >= 11 is 0. The molecule has 0 aromatic carbocycles. The topological polar surface area (TPSA) is 26.7 Å². The highest BCUT2D eigenvalue weighted by molar-refractivity contribution is 4.89. The van der Waals surface area contributed by atoms with Gasteiger partial charge in [-0.15, -0.1) is 0 Å². The third-order valence-electron chi connectivity index (χ3n) is 5.28. The lowest BCUT2D eigenvalue weighted by molar-refractivity contribution is -0.0146. The molecule has 1 heterocycles. The maximum atomic E-state index is 10.3. The second-order valence-corrected chi connectivity index (χ2v) is 6.83. The van der Waals surface area contributed by atoms with Crippen molar-refractivity contribution in [2.24, 2.45) is 5.92 Å². The Hall–Kier alpha value is -0.120. The van der Waals surface area contributed by atoms with E-state index in [0.717, 1.165) is 18.4 Å². The van der Waals surface area contributed by atoms with Crippen molar-refractivity contribution < 1.29 is 5.11 Å². The molecule has 0 amide bonds. The minimum atomic E-state index is -0.0796. The van der Waals surface area contributed by atoms with Crippen LogP contribution in [0.5, 0.6) is 0 Å². The average Bonchev–Trinajstić information content (AvgIpc) is 2.41. The van der Waals surface area contributed by atoms with Crippen LogP contribution in [0, 0.1) is 5.92 Å². The van der Waals surface area contributed by atoms with Crippen molar-refractivity contribution in [3.63, 3.8) is 0 Å². The molecule has 1 saturated heterocycles. The van der Waals surface area contributed by atoms with E-state index in [2.05, 4.69) is 30.8 Å². The molecule has 112 valence electrons. The summed E-state index contributed by atoms with van der Waals surface area (Å²) in [6.07, 6.45) is 8.55. The summed E-state index contributed by atoms with van der Waals surface area (Å²) in [4.78, 5) is 4.93. The first kappa shape index (κ1) is 15.3. The van der Waals surface area contributed by atoms with E-state index >= 15 is 0 Å². The van der Waals surface area contributed by atoms with Crippen LogP contribution < -0.4 is 0 Å². The molecular formula is C16H32N2O. The Balaban J connectivity index is 1.86. The lowest BCUT2D eigenvalue weighted by atomic mass is 9.80. The Morgan fingerprint density at radius 3 is 2.37 bits per heavy atom. The Morgan fingerprint density at radius 2 is 1.79 bits per heavy atom. The zero-order valence-corrected chi connectivity index (χ0v) is 13.0. The van der Waals surface area contributed by atoms with Gasteiger partial charge in [-0.1, -0.05) is 19.8 Å². The van der Waals surface area contributed by atoms with E-state index in [-0.39, 0.29) is 6.10 Å². The number of nitrogens with zero attached hydrogens (tertiary/aromatic N) is 2. The normalized spacial score (nSPS) is 34.9. The fourth-order valence-electron chi connectivity index (χ4n) is 4.01. The van der Waals surface area contributed by atoms with Gasteiger partial charge in [-0.3, -0.25) is 4.90 Å². The minimum absolute atomic E-state index is 0.0796. The van der Waals surface area contributed by atoms with Crippen LogP contribution in [0.1, 0.15) is 51.9 Å². The molecule has 19 heavy (non-hydrogen) atoms. The van der Waals surface area contributed by atoms with Crippen LogP contribution in [-0.2, 0) is 0 Å². The molecule has 1 aliphatic carbocycles. The SMILES string of the molecule is CCCC1CCC(O)C(N2CCC(N(C)C)CC2)C1. The zero-order valence-electron chi connectivity index (χ0n) is 13.0. The monoisotopic (exact) mass is 268 g/mol. The Labute approximate surface area is 119 Å². The minimum Gasteiger partial charge on any atom is -0.391 e. The van der Waals surface area contributed by atoms with Crippen LogP contribution in [0.25, 0.3) is 0 Å². The summed E-state index contributed by atoms with van der Waals surface area (Å²) in [7, 11) is 4.38. The number of likely N-dealkylation sites (tertiary alicyclic amines) is 1. The van der Waals surface area contributed by atoms with E-state index in [1.54, 1.807) is 0 Å². The molecule has 0 aromatic heterocycles. The Morgan fingerprint density at radius 1 is 1.11 bits per heavy atom. The summed E-state index contributed by atoms with van der Waals surface area (Å²) in [6, 6.07) is 1.18. The van der Waals surface area contributed by atoms with E-state index in [0.29, 0.717) is 6.04 Å². The van der Waals surface area contributed by atoms with Gasteiger partial charge in [0, 0.05) is 25.2 Å². The predicted molar refractivity (Wildman–Crippen MR) is 80.3 cm³/mol. The third kappa shape index (κ3) is 3.93. The molecule has 2 aliphatic rings. The molecule has 2 fully saturated rings. The fraction of sp³-hybridized carbons (Fsp3) is 1.00. The lowest BCUT2D eigenvalue weighted by Gasteiger charge is -2.44. The van der Waals surface area contributed by atoms with Crippen molar-refractivity contribution in [2.45, 2.75) is 70.1 Å². The van der Waals surface area contributed by atoms with E-state index < -0.39 is 0 Å². The maximum absolute atomic E-state index is 10.3. The van der Waals surface area contributed by atoms with Gasteiger partial charge in [-0.25, -0.2) is 0 Å². The predicted octanol–water partition coefficient (Wildman–Crippen LogP) is 2.34. The van der Waals surface area contributed by atoms with Gasteiger partial charge in [0.2, 0.25) is 0 Å². The number of hydrogen-bond donors (Lipinski definition) is 1. The van der Waals surface area contributed by atoms with Crippen LogP contribution in [-0.4, -0.2) is 60.3 Å². The van der Waals surface area contributed by atoms with Crippen LogP contribution in [0.4, 0.5) is 0 Å². The van der Waals surface area contributed by atoms with Crippen molar-refractivity contribution in [3.8, 4) is 0 Å². The van der Waals surface area contributed by atoms with E-state index in [4.69, 9.17) is 0 Å². The standard InChI is InChI=1S/C16H32N2O/c1-4-5-13-6-7-16(19)15(12-13)18-10-8-14(9-11-18)17(2)3/h13-16,19H,4-12H2,1-3H3. The van der Waals surface area contributed by atoms with Gasteiger partial charge in [0.15, 0.2) is 0 Å². The van der Waals surface area contributed by atoms with Crippen molar-refractivity contribution in [1.82, 2.24) is 9.80 Å². The quantitative estimate of drug-likeness (QED) is 0.848. The van der Waals surface area contributed by atoms with Crippen LogP contribution >= 0.6 is 0 Å². The molecule has 3 nitrogen and oxygen atoms in total. The summed E-state index contributed by atoms with van der Waals surface area (Å²) in [5.41, 5.74) is 0. The number of hydrogen-bond acceptors (Lipinski definition) is 3. The molecular weight excluding hydrogens is 236 g/mol. The smallest absolute Gasteiger partial charge is 0.0695 e. The van der Waals surface area contributed by atoms with Gasteiger partial charge >= 0.3 is 0 Å². The Bertz CT molecular complexity index is 261. The second-order valence-electron chi connectivity index (χ2n) is 6.83. The van der Waals surface area contributed by atoms with Gasteiger partial charge in [-0.05, 0) is 52.1 Å². The van der Waals surface area contributed by atoms with Crippen LogP contribution in [0.2, 0.25) is 0 Å². The lowest BCUT2D eigenvalue weighted by Crippen LogP contribution is -2.52. The molecule has 0 radical (unpaired) electrons. The first-order valence-electron chi connectivity index (χ1n) is 8.20. The van der Waals surface area contributed by atoms with Crippen molar-refractivity contribution in [1.29, 1.82) is 0 Å². The van der Waals surface area contributed by atoms with E-state index in [1.807, 2.05) is 0 Å². The van der Waals surface area contributed by atoms with Gasteiger partial charge in [-0.2, -0.15) is 0 Å². The van der Waals surface area contributed by atoms with Crippen molar-refractivity contribution >= 4 is 0 Å². The molecule has 3 heteroatoms. The fourth-order valence-corrected chi connectivity index (χ4v) is 4.01. The summed E-state index contributed by atoms with van der Waals surface area (Å²) in [6.45, 7) is 4.62. The number of rotatable bonds is 4.